The van der Waals surface area contributed by atoms with Crippen LogP contribution in [0.3, 0.4) is 0 Å². The van der Waals surface area contributed by atoms with Crippen molar-refractivity contribution >= 4 is 0 Å². The van der Waals surface area contributed by atoms with Crippen LogP contribution in [0.5, 0.6) is 0 Å². The molecule has 3 unspecified atom stereocenters. The molecule has 1 heterocycles. The average Bonchev–Trinajstić information content (AvgIpc) is 2.27. The highest BCUT2D eigenvalue weighted by molar-refractivity contribution is 4.88. The Balaban J connectivity index is 2.47. The van der Waals surface area contributed by atoms with Gasteiger partial charge in [-0.25, -0.2) is 0 Å². The number of hydrogen-bond acceptors (Lipinski definition) is 2. The van der Waals surface area contributed by atoms with E-state index >= 15 is 0 Å². The van der Waals surface area contributed by atoms with Crippen molar-refractivity contribution in [1.29, 1.82) is 0 Å². The lowest BCUT2D eigenvalue weighted by atomic mass is 9.95. The minimum Gasteiger partial charge on any atom is -0.311 e. The van der Waals surface area contributed by atoms with Crippen LogP contribution in [0.4, 0.5) is 0 Å². The molecule has 2 nitrogen and oxygen atoms in total. The van der Waals surface area contributed by atoms with Crippen LogP contribution in [-0.4, -0.2) is 36.1 Å². The highest BCUT2D eigenvalue weighted by Crippen LogP contribution is 2.21. The van der Waals surface area contributed by atoms with E-state index in [9.17, 15) is 0 Å². The molecule has 18 heavy (non-hydrogen) atoms. The molecule has 1 rings (SSSR count). The van der Waals surface area contributed by atoms with E-state index in [0.29, 0.717) is 6.04 Å². The molecule has 3 atom stereocenters. The molecular weight excluding hydrogens is 220 g/mol. The van der Waals surface area contributed by atoms with Gasteiger partial charge in [-0.15, -0.1) is 0 Å². The van der Waals surface area contributed by atoms with Gasteiger partial charge in [0.2, 0.25) is 0 Å². The number of nitrogens with one attached hydrogen (secondary N) is 1. The molecule has 1 N–H and O–H groups in total. The minimum absolute atomic E-state index is 0.646. The molecule has 108 valence electrons. The fourth-order valence-corrected chi connectivity index (χ4v) is 3.07. The Kier molecular flexibility index (Phi) is 6.65. The van der Waals surface area contributed by atoms with Crippen LogP contribution in [0.15, 0.2) is 0 Å². The summed E-state index contributed by atoms with van der Waals surface area (Å²) >= 11 is 0. The van der Waals surface area contributed by atoms with Crippen molar-refractivity contribution in [3.63, 3.8) is 0 Å². The molecule has 0 radical (unpaired) electrons. The normalized spacial score (nSPS) is 28.0. The molecule has 0 saturated carbocycles. The minimum atomic E-state index is 0.646. The molecule has 0 aromatic rings. The molecule has 0 aromatic carbocycles. The van der Waals surface area contributed by atoms with Crippen LogP contribution in [0.1, 0.15) is 60.8 Å². The third-order valence-electron chi connectivity index (χ3n) is 4.33. The van der Waals surface area contributed by atoms with E-state index in [2.05, 4.69) is 51.8 Å². The molecule has 1 aliphatic rings. The second kappa shape index (κ2) is 7.49. The summed E-state index contributed by atoms with van der Waals surface area (Å²) in [7, 11) is 0. The fraction of sp³-hybridized carbons (Fsp3) is 1.00. The highest BCUT2D eigenvalue weighted by atomic mass is 15.3. The Bertz CT molecular complexity index is 225. The van der Waals surface area contributed by atoms with E-state index in [-0.39, 0.29) is 0 Å². The Morgan fingerprint density at radius 3 is 2.33 bits per heavy atom. The lowest BCUT2D eigenvalue weighted by Gasteiger charge is -2.45. The van der Waals surface area contributed by atoms with Crippen molar-refractivity contribution in [3.05, 3.63) is 0 Å². The zero-order valence-electron chi connectivity index (χ0n) is 13.4. The van der Waals surface area contributed by atoms with Crippen LogP contribution < -0.4 is 5.32 Å². The van der Waals surface area contributed by atoms with Gasteiger partial charge >= 0.3 is 0 Å². The van der Waals surface area contributed by atoms with E-state index in [0.717, 1.165) is 30.5 Å². The third kappa shape index (κ3) is 4.89. The molecule has 1 saturated heterocycles. The Hall–Kier alpha value is -0.0800. The first-order valence-corrected chi connectivity index (χ1v) is 7.91. The summed E-state index contributed by atoms with van der Waals surface area (Å²) in [6.07, 6.45) is 4.11. The van der Waals surface area contributed by atoms with Gasteiger partial charge in [-0.3, -0.25) is 4.90 Å². The highest BCUT2D eigenvalue weighted by Gasteiger charge is 2.30. The maximum absolute atomic E-state index is 3.63. The molecule has 1 aliphatic heterocycles. The van der Waals surface area contributed by atoms with E-state index in [4.69, 9.17) is 0 Å². The second-order valence-electron chi connectivity index (χ2n) is 6.99. The third-order valence-corrected chi connectivity index (χ3v) is 4.33. The smallest absolute Gasteiger partial charge is 0.0247 e. The van der Waals surface area contributed by atoms with Gasteiger partial charge in [0, 0.05) is 31.2 Å². The molecule has 2 heteroatoms. The summed E-state index contributed by atoms with van der Waals surface area (Å²) in [6, 6.07) is 2.10. The molecule has 0 spiro atoms. The summed E-state index contributed by atoms with van der Waals surface area (Å²) in [5, 5.41) is 3.63. The number of rotatable bonds is 6. The van der Waals surface area contributed by atoms with Crippen molar-refractivity contribution in [2.45, 2.75) is 78.9 Å². The Morgan fingerprint density at radius 2 is 1.78 bits per heavy atom. The van der Waals surface area contributed by atoms with Crippen molar-refractivity contribution in [2.75, 3.05) is 13.1 Å². The number of hydrogen-bond donors (Lipinski definition) is 1. The number of nitrogens with zero attached hydrogens (tertiary/aromatic N) is 1. The first-order valence-electron chi connectivity index (χ1n) is 7.91. The predicted octanol–water partition coefficient (Wildman–Crippen LogP) is 3.52. The second-order valence-corrected chi connectivity index (χ2v) is 6.99. The monoisotopic (exact) mass is 254 g/mol. The maximum atomic E-state index is 3.63. The van der Waals surface area contributed by atoms with Gasteiger partial charge in [-0.05, 0) is 32.1 Å². The Morgan fingerprint density at radius 1 is 1.11 bits per heavy atom. The van der Waals surface area contributed by atoms with Crippen LogP contribution >= 0.6 is 0 Å². The molecule has 0 aliphatic carbocycles. The van der Waals surface area contributed by atoms with E-state index in [1.165, 1.54) is 25.8 Å². The number of piperazine rings is 1. The van der Waals surface area contributed by atoms with Crippen LogP contribution in [0.2, 0.25) is 0 Å². The van der Waals surface area contributed by atoms with Crippen LogP contribution in [0.25, 0.3) is 0 Å². The average molecular weight is 254 g/mol. The molecule has 1 fully saturated rings. The van der Waals surface area contributed by atoms with Gasteiger partial charge in [0.25, 0.3) is 0 Å². The van der Waals surface area contributed by atoms with E-state index < -0.39 is 0 Å². The first-order chi connectivity index (χ1) is 8.41. The quantitative estimate of drug-likeness (QED) is 0.780. The van der Waals surface area contributed by atoms with Crippen molar-refractivity contribution in [2.24, 2.45) is 11.8 Å². The summed E-state index contributed by atoms with van der Waals surface area (Å²) in [6.45, 7) is 16.5. The molecular formula is C16H34N2. The summed E-state index contributed by atoms with van der Waals surface area (Å²) in [5.41, 5.74) is 0. The SMILES string of the molecule is CC(C)CCCC(C)N1CC(C)NCC1C(C)C. The van der Waals surface area contributed by atoms with Gasteiger partial charge in [0.15, 0.2) is 0 Å². The maximum Gasteiger partial charge on any atom is 0.0247 e. The largest absolute Gasteiger partial charge is 0.311 e. The summed E-state index contributed by atoms with van der Waals surface area (Å²) < 4.78 is 0. The first kappa shape index (κ1) is 16.0. The summed E-state index contributed by atoms with van der Waals surface area (Å²) in [5.74, 6) is 1.59. The molecule has 0 bridgehead atoms. The van der Waals surface area contributed by atoms with Gasteiger partial charge < -0.3 is 5.32 Å². The molecule has 0 amide bonds. The Labute approximate surface area is 115 Å². The zero-order chi connectivity index (χ0) is 13.7. The van der Waals surface area contributed by atoms with E-state index in [1.807, 2.05) is 0 Å². The van der Waals surface area contributed by atoms with E-state index in [1.54, 1.807) is 0 Å². The van der Waals surface area contributed by atoms with Crippen molar-refractivity contribution < 1.29 is 0 Å². The predicted molar refractivity (Wildman–Crippen MR) is 80.9 cm³/mol. The van der Waals surface area contributed by atoms with Crippen LogP contribution in [0, 0.1) is 11.8 Å². The molecule has 0 aromatic heterocycles. The lowest BCUT2D eigenvalue weighted by molar-refractivity contribution is 0.0611. The fourth-order valence-electron chi connectivity index (χ4n) is 3.07. The van der Waals surface area contributed by atoms with Crippen LogP contribution in [-0.2, 0) is 0 Å². The topological polar surface area (TPSA) is 15.3 Å². The lowest BCUT2D eigenvalue weighted by Crippen LogP contribution is -2.59. The van der Waals surface area contributed by atoms with Crippen molar-refractivity contribution in [3.8, 4) is 0 Å². The van der Waals surface area contributed by atoms with Gasteiger partial charge in [0.05, 0.1) is 0 Å². The summed E-state index contributed by atoms with van der Waals surface area (Å²) in [4.78, 5) is 2.76. The van der Waals surface area contributed by atoms with Crippen molar-refractivity contribution in [1.82, 2.24) is 10.2 Å². The van der Waals surface area contributed by atoms with Gasteiger partial charge in [-0.2, -0.15) is 0 Å². The zero-order valence-corrected chi connectivity index (χ0v) is 13.4. The van der Waals surface area contributed by atoms with Gasteiger partial charge in [-0.1, -0.05) is 40.5 Å². The standard InChI is InChI=1S/C16H34N2/c1-12(2)8-7-9-15(6)18-11-14(5)17-10-16(18)13(3)4/h12-17H,7-11H2,1-6H3. The van der Waals surface area contributed by atoms with Gasteiger partial charge in [0.1, 0.15) is 0 Å².